The first-order valence-corrected chi connectivity index (χ1v) is 8.05. The summed E-state index contributed by atoms with van der Waals surface area (Å²) in [6.07, 6.45) is 8.71. The maximum atomic E-state index is 4.54. The number of anilines is 1. The normalized spacial score (nSPS) is 16.2. The van der Waals surface area contributed by atoms with Crippen molar-refractivity contribution in [3.05, 3.63) is 24.0 Å². The second-order valence-electron chi connectivity index (χ2n) is 6.38. The lowest BCUT2D eigenvalue weighted by Gasteiger charge is -2.29. The second kappa shape index (κ2) is 7.63. The lowest BCUT2D eigenvalue weighted by Crippen LogP contribution is -2.34. The summed E-state index contributed by atoms with van der Waals surface area (Å²) in [7, 11) is 1.96. The number of hydrogen-bond donors (Lipinski definition) is 1. The highest BCUT2D eigenvalue weighted by Crippen LogP contribution is 2.25. The second-order valence-corrected chi connectivity index (χ2v) is 6.38. The van der Waals surface area contributed by atoms with Gasteiger partial charge >= 0.3 is 0 Å². The van der Waals surface area contributed by atoms with Crippen LogP contribution in [0.2, 0.25) is 0 Å². The Balaban J connectivity index is 2.01. The van der Waals surface area contributed by atoms with Crippen molar-refractivity contribution in [2.24, 2.45) is 5.92 Å². The van der Waals surface area contributed by atoms with Crippen molar-refractivity contribution in [3.8, 4) is 0 Å². The molecule has 0 atom stereocenters. The molecule has 0 unspecified atom stereocenters. The molecule has 1 aromatic heterocycles. The third kappa shape index (κ3) is 4.48. The van der Waals surface area contributed by atoms with Crippen LogP contribution in [-0.4, -0.2) is 29.5 Å². The van der Waals surface area contributed by atoms with Gasteiger partial charge in [0.05, 0.1) is 5.69 Å². The third-order valence-corrected chi connectivity index (χ3v) is 4.31. The Bertz CT molecular complexity index is 397. The van der Waals surface area contributed by atoms with Crippen molar-refractivity contribution in [1.29, 1.82) is 0 Å². The van der Waals surface area contributed by atoms with Gasteiger partial charge in [0.1, 0.15) is 0 Å². The van der Waals surface area contributed by atoms with E-state index >= 15 is 0 Å². The average Bonchev–Trinajstić information content (AvgIpc) is 2.97. The largest absolute Gasteiger partial charge is 0.388 e. The Morgan fingerprint density at radius 2 is 2.10 bits per heavy atom. The summed E-state index contributed by atoms with van der Waals surface area (Å²) in [5, 5.41) is 3.20. The first-order valence-electron chi connectivity index (χ1n) is 8.05. The van der Waals surface area contributed by atoms with Crippen molar-refractivity contribution >= 4 is 5.69 Å². The van der Waals surface area contributed by atoms with Crippen LogP contribution in [0.1, 0.15) is 51.6 Å². The number of rotatable bonds is 7. The van der Waals surface area contributed by atoms with Gasteiger partial charge in [-0.05, 0) is 43.9 Å². The van der Waals surface area contributed by atoms with E-state index < -0.39 is 0 Å². The lowest BCUT2D eigenvalue weighted by molar-refractivity contribution is 0.177. The molecule has 1 N–H and O–H groups in total. The molecular weight excluding hydrogens is 246 g/mol. The lowest BCUT2D eigenvalue weighted by atomic mass is 10.1. The Kier molecular flexibility index (Phi) is 5.84. The molecule has 1 aromatic rings. The minimum Gasteiger partial charge on any atom is -0.388 e. The maximum Gasteiger partial charge on any atom is 0.0564 e. The quantitative estimate of drug-likeness (QED) is 0.817. The fourth-order valence-corrected chi connectivity index (χ4v) is 3.01. The number of aromatic nitrogens is 1. The zero-order valence-electron chi connectivity index (χ0n) is 13.2. The molecule has 1 fully saturated rings. The van der Waals surface area contributed by atoms with Crippen LogP contribution in [0.15, 0.2) is 18.3 Å². The Hall–Kier alpha value is -1.09. The standard InChI is InChI=1S/C17H29N3/c1-14(2)9-11-20(17-6-4-5-7-17)13-16-12-15(18-3)8-10-19-16/h8,10,12,14,17H,4-7,9,11,13H2,1-3H3,(H,18,19). The van der Waals surface area contributed by atoms with Gasteiger partial charge in [0, 0.05) is 31.5 Å². The molecule has 0 aliphatic heterocycles. The summed E-state index contributed by atoms with van der Waals surface area (Å²) >= 11 is 0. The number of pyridine rings is 1. The van der Waals surface area contributed by atoms with Crippen LogP contribution in [0.5, 0.6) is 0 Å². The Labute approximate surface area is 123 Å². The van der Waals surface area contributed by atoms with Gasteiger partial charge in [-0.2, -0.15) is 0 Å². The maximum absolute atomic E-state index is 4.54. The van der Waals surface area contributed by atoms with Gasteiger partial charge in [-0.15, -0.1) is 0 Å². The van der Waals surface area contributed by atoms with Crippen LogP contribution in [0, 0.1) is 5.92 Å². The molecule has 1 aliphatic carbocycles. The first-order chi connectivity index (χ1) is 9.69. The molecule has 3 heteroatoms. The van der Waals surface area contributed by atoms with E-state index in [2.05, 4.69) is 35.1 Å². The van der Waals surface area contributed by atoms with Gasteiger partial charge in [0.15, 0.2) is 0 Å². The molecule has 0 spiro atoms. The molecule has 0 bridgehead atoms. The van der Waals surface area contributed by atoms with E-state index in [9.17, 15) is 0 Å². The molecule has 3 nitrogen and oxygen atoms in total. The smallest absolute Gasteiger partial charge is 0.0564 e. The zero-order valence-corrected chi connectivity index (χ0v) is 13.2. The van der Waals surface area contributed by atoms with Crippen LogP contribution < -0.4 is 5.32 Å². The monoisotopic (exact) mass is 275 g/mol. The van der Waals surface area contributed by atoms with Crippen LogP contribution in [0.3, 0.4) is 0 Å². The molecular formula is C17H29N3. The molecule has 0 amide bonds. The predicted octanol–water partition coefficient (Wildman–Crippen LogP) is 3.91. The topological polar surface area (TPSA) is 28.2 Å². The molecule has 0 aromatic carbocycles. The number of hydrogen-bond acceptors (Lipinski definition) is 3. The van der Waals surface area contributed by atoms with Gasteiger partial charge in [-0.1, -0.05) is 26.7 Å². The fraction of sp³-hybridized carbons (Fsp3) is 0.706. The fourth-order valence-electron chi connectivity index (χ4n) is 3.01. The van der Waals surface area contributed by atoms with Gasteiger partial charge in [-0.3, -0.25) is 9.88 Å². The van der Waals surface area contributed by atoms with Gasteiger partial charge in [0.2, 0.25) is 0 Å². The highest BCUT2D eigenvalue weighted by Gasteiger charge is 2.22. The predicted molar refractivity (Wildman–Crippen MR) is 85.9 cm³/mol. The summed E-state index contributed by atoms with van der Waals surface area (Å²) in [6.45, 7) is 6.82. The first kappa shape index (κ1) is 15.3. The van der Waals surface area contributed by atoms with Crippen molar-refractivity contribution in [2.75, 3.05) is 18.9 Å². The summed E-state index contributed by atoms with van der Waals surface area (Å²) < 4.78 is 0. The summed E-state index contributed by atoms with van der Waals surface area (Å²) in [6, 6.07) is 4.98. The van der Waals surface area contributed by atoms with E-state index in [1.807, 2.05) is 19.3 Å². The minimum absolute atomic E-state index is 0.772. The molecule has 0 radical (unpaired) electrons. The minimum atomic E-state index is 0.772. The van der Waals surface area contributed by atoms with Crippen molar-refractivity contribution in [2.45, 2.75) is 58.5 Å². The van der Waals surface area contributed by atoms with E-state index in [-0.39, 0.29) is 0 Å². The number of nitrogens with zero attached hydrogens (tertiary/aromatic N) is 2. The Morgan fingerprint density at radius 3 is 2.75 bits per heavy atom. The molecule has 0 saturated heterocycles. The molecule has 1 saturated carbocycles. The third-order valence-electron chi connectivity index (χ3n) is 4.31. The van der Waals surface area contributed by atoms with E-state index in [1.165, 1.54) is 44.3 Å². The van der Waals surface area contributed by atoms with Crippen LogP contribution in [0.4, 0.5) is 5.69 Å². The van der Waals surface area contributed by atoms with Gasteiger partial charge in [-0.25, -0.2) is 0 Å². The summed E-state index contributed by atoms with van der Waals surface area (Å²) in [5.74, 6) is 0.774. The van der Waals surface area contributed by atoms with E-state index in [1.54, 1.807) is 0 Å². The zero-order chi connectivity index (χ0) is 14.4. The number of nitrogens with one attached hydrogen (secondary N) is 1. The molecule has 1 heterocycles. The van der Waals surface area contributed by atoms with E-state index in [0.29, 0.717) is 0 Å². The molecule has 2 rings (SSSR count). The van der Waals surface area contributed by atoms with Crippen LogP contribution >= 0.6 is 0 Å². The van der Waals surface area contributed by atoms with Crippen molar-refractivity contribution in [3.63, 3.8) is 0 Å². The molecule has 112 valence electrons. The van der Waals surface area contributed by atoms with Crippen molar-refractivity contribution < 1.29 is 0 Å². The average molecular weight is 275 g/mol. The summed E-state index contributed by atoms with van der Waals surface area (Å²) in [4.78, 5) is 7.21. The van der Waals surface area contributed by atoms with Crippen LogP contribution in [0.25, 0.3) is 0 Å². The summed E-state index contributed by atoms with van der Waals surface area (Å²) in [5.41, 5.74) is 2.35. The highest BCUT2D eigenvalue weighted by atomic mass is 15.2. The van der Waals surface area contributed by atoms with E-state index in [0.717, 1.165) is 24.2 Å². The van der Waals surface area contributed by atoms with Crippen molar-refractivity contribution in [1.82, 2.24) is 9.88 Å². The van der Waals surface area contributed by atoms with Crippen LogP contribution in [-0.2, 0) is 6.54 Å². The van der Waals surface area contributed by atoms with E-state index in [4.69, 9.17) is 0 Å². The van der Waals surface area contributed by atoms with Gasteiger partial charge in [0.25, 0.3) is 0 Å². The SMILES string of the molecule is CNc1ccnc(CN(CCC(C)C)C2CCCC2)c1. The molecule has 20 heavy (non-hydrogen) atoms. The van der Waals surface area contributed by atoms with Gasteiger partial charge < -0.3 is 5.32 Å². The molecule has 1 aliphatic rings. The Morgan fingerprint density at radius 1 is 1.35 bits per heavy atom. The highest BCUT2D eigenvalue weighted by molar-refractivity contribution is 5.42.